The first-order valence-corrected chi connectivity index (χ1v) is 15.7. The third kappa shape index (κ3) is 4.50. The van der Waals surface area contributed by atoms with Crippen LogP contribution in [0.1, 0.15) is 95.7 Å². The largest absolute Gasteiger partial charge is 0.586 e. The number of halogens is 3. The number of anilines is 1. The van der Waals surface area contributed by atoms with Crippen molar-refractivity contribution in [1.29, 1.82) is 0 Å². The van der Waals surface area contributed by atoms with Crippen molar-refractivity contribution >= 4 is 11.6 Å². The van der Waals surface area contributed by atoms with Gasteiger partial charge < -0.3 is 18.9 Å². The summed E-state index contributed by atoms with van der Waals surface area (Å²) in [6.07, 6.45) is 3.71. The van der Waals surface area contributed by atoms with E-state index in [2.05, 4.69) is 28.5 Å². The van der Waals surface area contributed by atoms with Crippen molar-refractivity contribution in [2.75, 3.05) is 11.4 Å². The van der Waals surface area contributed by atoms with Gasteiger partial charge in [-0.2, -0.15) is 4.98 Å². The predicted octanol–water partition coefficient (Wildman–Crippen LogP) is 8.09. The molecule has 7 nitrogen and oxygen atoms in total. The van der Waals surface area contributed by atoms with Crippen molar-refractivity contribution in [3.63, 3.8) is 0 Å². The molecule has 2 heterocycles. The molecule has 3 aromatic rings. The highest BCUT2D eigenvalue weighted by Crippen LogP contribution is 2.71. The van der Waals surface area contributed by atoms with Gasteiger partial charge in [0.2, 0.25) is 11.8 Å². The smallest absolute Gasteiger partial charge is 0.395 e. The summed E-state index contributed by atoms with van der Waals surface area (Å²) < 4.78 is 56.7. The van der Waals surface area contributed by atoms with Crippen LogP contribution in [0.2, 0.25) is 0 Å². The molecular formula is C34H36F3N3O4. The number of ether oxygens (including phenoxy) is 2. The van der Waals surface area contributed by atoms with Crippen LogP contribution in [-0.4, -0.2) is 34.6 Å². The number of fused-ring (bicyclic) bond motifs is 4. The zero-order chi connectivity index (χ0) is 30.5. The summed E-state index contributed by atoms with van der Waals surface area (Å²) in [6.45, 7) is 4.70. The second kappa shape index (κ2) is 9.23. The average molecular weight is 608 g/mol. The Kier molecular flexibility index (Phi) is 5.87. The SMILES string of the molecule is CC(C)c1noc(C23CCC(CN(C(=O)CC45CC(F)(C4)C5)c4cccc(-c5ccc6c(c5)OC(F)(F)O6)c4)(CC2)CC3)n1. The number of benzene rings is 2. The van der Waals surface area contributed by atoms with Crippen molar-refractivity contribution in [3.05, 3.63) is 54.2 Å². The summed E-state index contributed by atoms with van der Waals surface area (Å²) in [5.41, 5.74) is 0.774. The molecule has 1 aromatic heterocycles. The summed E-state index contributed by atoms with van der Waals surface area (Å²) in [5, 5.41) is 4.23. The third-order valence-electron chi connectivity index (χ3n) is 11.1. The molecule has 1 amide bonds. The van der Waals surface area contributed by atoms with Crippen LogP contribution >= 0.6 is 0 Å². The van der Waals surface area contributed by atoms with Crippen molar-refractivity contribution in [3.8, 4) is 22.6 Å². The van der Waals surface area contributed by atoms with Gasteiger partial charge in [-0.05, 0) is 104 Å². The van der Waals surface area contributed by atoms with E-state index in [4.69, 9.17) is 9.51 Å². The molecule has 0 saturated heterocycles. The molecule has 0 radical (unpaired) electrons. The molecular weight excluding hydrogens is 571 g/mol. The summed E-state index contributed by atoms with van der Waals surface area (Å²) in [7, 11) is 0. The van der Waals surface area contributed by atoms with Crippen molar-refractivity contribution in [2.45, 2.75) is 101 Å². The molecule has 6 fully saturated rings. The number of carbonyl (C=O) groups is 1. The van der Waals surface area contributed by atoms with Gasteiger partial charge in [0.05, 0.1) is 0 Å². The molecule has 232 valence electrons. The summed E-state index contributed by atoms with van der Waals surface area (Å²) >= 11 is 0. The van der Waals surface area contributed by atoms with Crippen LogP contribution in [0.3, 0.4) is 0 Å². The topological polar surface area (TPSA) is 77.7 Å². The molecule has 10 rings (SSSR count). The monoisotopic (exact) mass is 607 g/mol. The van der Waals surface area contributed by atoms with E-state index in [1.807, 2.05) is 29.2 Å². The summed E-state index contributed by atoms with van der Waals surface area (Å²) in [4.78, 5) is 20.8. The van der Waals surface area contributed by atoms with E-state index in [1.54, 1.807) is 6.07 Å². The van der Waals surface area contributed by atoms with Crippen molar-refractivity contribution in [2.24, 2.45) is 10.8 Å². The Morgan fingerprint density at radius 2 is 1.57 bits per heavy atom. The number of aromatic nitrogens is 2. The van der Waals surface area contributed by atoms with E-state index in [-0.39, 0.29) is 39.6 Å². The fourth-order valence-corrected chi connectivity index (χ4v) is 8.61. The Morgan fingerprint density at radius 1 is 0.886 bits per heavy atom. The van der Waals surface area contributed by atoms with E-state index >= 15 is 0 Å². The van der Waals surface area contributed by atoms with Gasteiger partial charge in [0.25, 0.3) is 0 Å². The normalized spacial score (nSPS) is 32.3. The summed E-state index contributed by atoms with van der Waals surface area (Å²) in [5.74, 6) is 1.68. The van der Waals surface area contributed by atoms with Crippen LogP contribution in [0.15, 0.2) is 47.0 Å². The minimum atomic E-state index is -3.69. The maximum absolute atomic E-state index is 14.4. The number of nitrogens with zero attached hydrogens (tertiary/aromatic N) is 3. The number of alkyl halides is 3. The van der Waals surface area contributed by atoms with E-state index < -0.39 is 12.0 Å². The quantitative estimate of drug-likeness (QED) is 0.258. The van der Waals surface area contributed by atoms with Crippen molar-refractivity contribution in [1.82, 2.24) is 10.1 Å². The van der Waals surface area contributed by atoms with Gasteiger partial charge in [-0.3, -0.25) is 4.79 Å². The van der Waals surface area contributed by atoms with Gasteiger partial charge in [0.15, 0.2) is 17.3 Å². The Hall–Kier alpha value is -3.56. The number of hydrogen-bond acceptors (Lipinski definition) is 6. The van der Waals surface area contributed by atoms with Gasteiger partial charge in [-0.1, -0.05) is 37.2 Å². The molecule has 44 heavy (non-hydrogen) atoms. The highest BCUT2D eigenvalue weighted by molar-refractivity contribution is 5.95. The Balaban J connectivity index is 1.06. The van der Waals surface area contributed by atoms with E-state index in [0.29, 0.717) is 37.8 Å². The van der Waals surface area contributed by atoms with Gasteiger partial charge in [0.1, 0.15) is 5.67 Å². The van der Waals surface area contributed by atoms with Gasteiger partial charge in [-0.15, -0.1) is 8.78 Å². The molecule has 10 heteroatoms. The fraction of sp³-hybridized carbons (Fsp3) is 0.559. The lowest BCUT2D eigenvalue weighted by Gasteiger charge is -2.66. The standard InChI is InChI=1S/C34H36F3N3O4/c1-21(2)28-38-29(44-39-28)32-11-8-30(9-12-32,10-13-32)20-40(27(41)16-31-17-33(35,18-31)19-31)24-5-3-4-22(14-24)23-6-7-25-26(15-23)43-34(36,37)42-25/h3-7,14-15,21H,8-13,16-20H2,1-2H3. The number of carbonyl (C=O) groups excluding carboxylic acids is 1. The molecule has 6 saturated carbocycles. The van der Waals surface area contributed by atoms with Crippen LogP contribution in [-0.2, 0) is 10.2 Å². The molecule has 6 aliphatic carbocycles. The lowest BCUT2D eigenvalue weighted by atomic mass is 9.41. The predicted molar refractivity (Wildman–Crippen MR) is 155 cm³/mol. The van der Waals surface area contributed by atoms with Crippen LogP contribution in [0.5, 0.6) is 11.5 Å². The second-order valence-corrected chi connectivity index (χ2v) is 14.6. The summed E-state index contributed by atoms with van der Waals surface area (Å²) in [6, 6.07) is 12.4. The second-order valence-electron chi connectivity index (χ2n) is 14.6. The molecule has 0 unspecified atom stereocenters. The van der Waals surface area contributed by atoms with Crippen molar-refractivity contribution < 1.29 is 32.0 Å². The lowest BCUT2D eigenvalue weighted by Crippen LogP contribution is -2.65. The molecule has 0 N–H and O–H groups in total. The molecule has 0 spiro atoms. The molecule has 2 aromatic carbocycles. The fourth-order valence-electron chi connectivity index (χ4n) is 8.61. The molecule has 4 bridgehead atoms. The van der Waals surface area contributed by atoms with E-state index in [9.17, 15) is 18.0 Å². The molecule has 1 aliphatic heterocycles. The number of hydrogen-bond donors (Lipinski definition) is 0. The zero-order valence-electron chi connectivity index (χ0n) is 25.0. The van der Waals surface area contributed by atoms with E-state index in [1.165, 1.54) is 12.1 Å². The maximum Gasteiger partial charge on any atom is 0.586 e. The van der Waals surface area contributed by atoms with Gasteiger partial charge >= 0.3 is 6.29 Å². The zero-order valence-corrected chi connectivity index (χ0v) is 25.0. The first-order valence-electron chi connectivity index (χ1n) is 15.7. The maximum atomic E-state index is 14.4. The first-order chi connectivity index (χ1) is 20.9. The highest BCUT2D eigenvalue weighted by atomic mass is 19.3. The average Bonchev–Trinajstić information content (AvgIpc) is 3.59. The first kappa shape index (κ1) is 28.0. The minimum Gasteiger partial charge on any atom is -0.395 e. The number of rotatable bonds is 8. The van der Waals surface area contributed by atoms with Crippen LogP contribution in [0.4, 0.5) is 18.9 Å². The third-order valence-corrected chi connectivity index (χ3v) is 11.1. The van der Waals surface area contributed by atoms with Gasteiger partial charge in [0, 0.05) is 30.0 Å². The lowest BCUT2D eigenvalue weighted by molar-refractivity contribution is -0.286. The van der Waals surface area contributed by atoms with Crippen LogP contribution in [0, 0.1) is 10.8 Å². The Labute approximate surface area is 254 Å². The Morgan fingerprint density at radius 3 is 2.23 bits per heavy atom. The van der Waals surface area contributed by atoms with E-state index in [0.717, 1.165) is 61.5 Å². The number of amides is 1. The minimum absolute atomic E-state index is 0.0124. The Bertz CT molecular complexity index is 1610. The van der Waals surface area contributed by atoms with Crippen LogP contribution in [0.25, 0.3) is 11.1 Å². The molecule has 0 atom stereocenters. The van der Waals surface area contributed by atoms with Crippen LogP contribution < -0.4 is 14.4 Å². The molecule has 7 aliphatic rings. The van der Waals surface area contributed by atoms with Gasteiger partial charge in [-0.25, -0.2) is 4.39 Å². The highest BCUT2D eigenvalue weighted by Gasteiger charge is 2.69.